The quantitative estimate of drug-likeness (QED) is 0.497. The highest BCUT2D eigenvalue weighted by Crippen LogP contribution is 2.27. The van der Waals surface area contributed by atoms with E-state index in [-0.39, 0.29) is 17.6 Å². The first-order valence-corrected chi connectivity index (χ1v) is 9.49. The molecule has 0 radical (unpaired) electrons. The second kappa shape index (κ2) is 10.4. The maximum Gasteiger partial charge on any atom is 0.276 e. The van der Waals surface area contributed by atoms with Crippen LogP contribution in [0.5, 0.6) is 11.5 Å². The second-order valence-electron chi connectivity index (χ2n) is 6.64. The molecule has 2 aromatic rings. The van der Waals surface area contributed by atoms with Gasteiger partial charge in [0.25, 0.3) is 11.8 Å². The Morgan fingerprint density at radius 2 is 1.79 bits per heavy atom. The second-order valence-corrected chi connectivity index (χ2v) is 7.05. The van der Waals surface area contributed by atoms with E-state index in [9.17, 15) is 9.59 Å². The van der Waals surface area contributed by atoms with E-state index in [4.69, 9.17) is 21.7 Å². The molecule has 0 heterocycles. The highest BCUT2D eigenvalue weighted by Gasteiger charge is 2.14. The lowest BCUT2D eigenvalue weighted by Gasteiger charge is -2.15. The van der Waals surface area contributed by atoms with Gasteiger partial charge < -0.3 is 9.47 Å². The number of rotatable bonds is 6. The van der Waals surface area contributed by atoms with Crippen molar-refractivity contribution in [3.63, 3.8) is 0 Å². The first-order valence-electron chi connectivity index (χ1n) is 9.08. The molecule has 0 fully saturated rings. The van der Waals surface area contributed by atoms with E-state index >= 15 is 0 Å². The Hall–Kier alpha value is -3.13. The van der Waals surface area contributed by atoms with Gasteiger partial charge in [-0.1, -0.05) is 38.1 Å². The van der Waals surface area contributed by atoms with Crippen LogP contribution in [0.4, 0.5) is 0 Å². The van der Waals surface area contributed by atoms with E-state index in [1.54, 1.807) is 24.3 Å². The summed E-state index contributed by atoms with van der Waals surface area (Å²) in [5.41, 5.74) is 7.28. The third-order valence-electron chi connectivity index (χ3n) is 4.04. The molecule has 2 rings (SSSR count). The largest absolute Gasteiger partial charge is 0.496 e. The van der Waals surface area contributed by atoms with Gasteiger partial charge in [-0.3, -0.25) is 25.8 Å². The number of hydrazine groups is 1. The zero-order valence-corrected chi connectivity index (χ0v) is 17.7. The molecule has 0 atom stereocenters. The Labute approximate surface area is 175 Å². The topological polar surface area (TPSA) is 88.7 Å². The summed E-state index contributed by atoms with van der Waals surface area (Å²) >= 11 is 5.04. The maximum absolute atomic E-state index is 12.3. The molecule has 0 unspecified atom stereocenters. The molecule has 7 nitrogen and oxygen atoms in total. The van der Waals surface area contributed by atoms with Crippen molar-refractivity contribution in [2.75, 3.05) is 13.7 Å². The number of hydrogen-bond donors (Lipinski definition) is 3. The lowest BCUT2D eigenvalue weighted by molar-refractivity contribution is -0.123. The van der Waals surface area contributed by atoms with E-state index < -0.39 is 11.8 Å². The molecule has 0 saturated carbocycles. The summed E-state index contributed by atoms with van der Waals surface area (Å²) in [4.78, 5) is 24.3. The summed E-state index contributed by atoms with van der Waals surface area (Å²) in [7, 11) is 1.47. The number of carbonyl (C=O) groups excluding carboxylic acids is 2. The molecule has 0 saturated heterocycles. The summed E-state index contributed by atoms with van der Waals surface area (Å²) in [6, 6.07) is 12.6. The van der Waals surface area contributed by atoms with Crippen LogP contribution in [0.2, 0.25) is 0 Å². The number of nitrogens with one attached hydrogen (secondary N) is 3. The zero-order chi connectivity index (χ0) is 21.4. The lowest BCUT2D eigenvalue weighted by Crippen LogP contribution is -2.49. The fraction of sp³-hybridized carbons (Fsp3) is 0.286. The van der Waals surface area contributed by atoms with Crippen LogP contribution in [0.3, 0.4) is 0 Å². The molecular formula is C21H25N3O4S. The van der Waals surface area contributed by atoms with Crippen molar-refractivity contribution in [1.29, 1.82) is 0 Å². The molecule has 0 aliphatic carbocycles. The normalized spacial score (nSPS) is 10.2. The number of ether oxygens (including phenoxy) is 2. The average Bonchev–Trinajstić information content (AvgIpc) is 2.70. The molecule has 0 aliphatic heterocycles. The molecule has 3 N–H and O–H groups in total. The highest BCUT2D eigenvalue weighted by atomic mass is 32.1. The fourth-order valence-electron chi connectivity index (χ4n) is 2.58. The Morgan fingerprint density at radius 1 is 1.07 bits per heavy atom. The van der Waals surface area contributed by atoms with Crippen LogP contribution in [-0.2, 0) is 4.79 Å². The summed E-state index contributed by atoms with van der Waals surface area (Å²) in [5, 5.41) is 2.43. The fourth-order valence-corrected chi connectivity index (χ4v) is 2.73. The first-order chi connectivity index (χ1) is 13.8. The SMILES string of the molecule is COc1ccccc1C(=O)NC(=S)NNC(=O)COc1cc(C)ccc1C(C)C. The van der Waals surface area contributed by atoms with Gasteiger partial charge in [-0.05, 0) is 54.4 Å². The van der Waals surface area contributed by atoms with Crippen molar-refractivity contribution >= 4 is 29.1 Å². The summed E-state index contributed by atoms with van der Waals surface area (Å²) in [6.45, 7) is 5.88. The van der Waals surface area contributed by atoms with Gasteiger partial charge in [0, 0.05) is 0 Å². The number of carbonyl (C=O) groups is 2. The number of aryl methyl sites for hydroxylation is 1. The van der Waals surface area contributed by atoms with Gasteiger partial charge in [0.1, 0.15) is 11.5 Å². The Bertz CT molecular complexity index is 899. The first kappa shape index (κ1) is 22.2. The molecule has 0 bridgehead atoms. The van der Waals surface area contributed by atoms with Crippen LogP contribution in [-0.4, -0.2) is 30.6 Å². The van der Waals surface area contributed by atoms with Crippen LogP contribution in [0.25, 0.3) is 0 Å². The molecule has 2 aromatic carbocycles. The molecule has 154 valence electrons. The van der Waals surface area contributed by atoms with Crippen molar-refractivity contribution in [1.82, 2.24) is 16.2 Å². The van der Waals surface area contributed by atoms with Gasteiger partial charge in [-0.25, -0.2) is 0 Å². The Kier molecular flexibility index (Phi) is 7.97. The minimum atomic E-state index is -0.452. The van der Waals surface area contributed by atoms with Crippen molar-refractivity contribution in [3.8, 4) is 11.5 Å². The third kappa shape index (κ3) is 6.46. The number of amides is 2. The molecule has 0 spiro atoms. The van der Waals surface area contributed by atoms with Crippen LogP contribution in [0.1, 0.15) is 41.3 Å². The Balaban J connectivity index is 1.84. The Morgan fingerprint density at radius 3 is 2.48 bits per heavy atom. The molecule has 8 heteroatoms. The summed E-state index contributed by atoms with van der Waals surface area (Å²) < 4.78 is 10.8. The maximum atomic E-state index is 12.3. The monoisotopic (exact) mass is 415 g/mol. The average molecular weight is 416 g/mol. The van der Waals surface area contributed by atoms with E-state index in [2.05, 4.69) is 30.0 Å². The third-order valence-corrected chi connectivity index (χ3v) is 4.25. The summed E-state index contributed by atoms with van der Waals surface area (Å²) in [6.07, 6.45) is 0. The van der Waals surface area contributed by atoms with Gasteiger partial charge in [0.15, 0.2) is 11.7 Å². The van der Waals surface area contributed by atoms with Crippen LogP contribution in [0, 0.1) is 6.92 Å². The number of thiocarbonyl (C=S) groups is 1. The van der Waals surface area contributed by atoms with Crippen molar-refractivity contribution in [3.05, 3.63) is 59.2 Å². The van der Waals surface area contributed by atoms with Crippen molar-refractivity contribution in [2.24, 2.45) is 0 Å². The van der Waals surface area contributed by atoms with Crippen molar-refractivity contribution < 1.29 is 19.1 Å². The number of benzene rings is 2. The minimum absolute atomic E-state index is 0.0484. The molecular weight excluding hydrogens is 390 g/mol. The zero-order valence-electron chi connectivity index (χ0n) is 16.9. The van der Waals surface area contributed by atoms with E-state index in [0.717, 1.165) is 11.1 Å². The summed E-state index contributed by atoms with van der Waals surface area (Å²) in [5.74, 6) is 0.470. The molecule has 0 aliphatic rings. The predicted molar refractivity (Wildman–Crippen MR) is 115 cm³/mol. The lowest BCUT2D eigenvalue weighted by atomic mass is 10.0. The van der Waals surface area contributed by atoms with Crippen molar-refractivity contribution in [2.45, 2.75) is 26.7 Å². The molecule has 2 amide bonds. The van der Waals surface area contributed by atoms with Gasteiger partial charge in [0.2, 0.25) is 0 Å². The van der Waals surface area contributed by atoms with E-state index in [0.29, 0.717) is 17.1 Å². The van der Waals surface area contributed by atoms with E-state index in [1.807, 2.05) is 25.1 Å². The van der Waals surface area contributed by atoms with Gasteiger partial charge >= 0.3 is 0 Å². The number of para-hydroxylation sites is 1. The number of methoxy groups -OCH3 is 1. The number of hydrogen-bond acceptors (Lipinski definition) is 5. The van der Waals surface area contributed by atoms with Crippen LogP contribution in [0.15, 0.2) is 42.5 Å². The standard InChI is InChI=1S/C21H25N3O4S/c1-13(2)15-10-9-14(3)11-18(15)28-12-19(25)23-24-21(29)22-20(26)16-7-5-6-8-17(16)27-4/h5-11,13H,12H2,1-4H3,(H,23,25)(H2,22,24,26,29). The van der Waals surface area contributed by atoms with Crippen LogP contribution >= 0.6 is 12.2 Å². The van der Waals surface area contributed by atoms with Gasteiger partial charge in [0.05, 0.1) is 12.7 Å². The van der Waals surface area contributed by atoms with Gasteiger partial charge in [-0.15, -0.1) is 0 Å². The molecule has 29 heavy (non-hydrogen) atoms. The smallest absolute Gasteiger partial charge is 0.276 e. The van der Waals surface area contributed by atoms with E-state index in [1.165, 1.54) is 7.11 Å². The van der Waals surface area contributed by atoms with Crippen LogP contribution < -0.4 is 25.6 Å². The highest BCUT2D eigenvalue weighted by molar-refractivity contribution is 7.80. The predicted octanol–water partition coefficient (Wildman–Crippen LogP) is 2.84. The minimum Gasteiger partial charge on any atom is -0.496 e. The molecule has 0 aromatic heterocycles. The van der Waals surface area contributed by atoms with Gasteiger partial charge in [-0.2, -0.15) is 0 Å².